The van der Waals surface area contributed by atoms with Crippen LogP contribution in [-0.4, -0.2) is 30.0 Å². The van der Waals surface area contributed by atoms with Gasteiger partial charge < -0.3 is 19.2 Å². The van der Waals surface area contributed by atoms with E-state index in [1.54, 1.807) is 7.11 Å². The van der Waals surface area contributed by atoms with Gasteiger partial charge >= 0.3 is 6.36 Å². The minimum absolute atomic E-state index is 0.101. The molecule has 0 radical (unpaired) electrons. The smallest absolute Gasteiger partial charge is 0.497 e. The number of nitrogens with zero attached hydrogens (tertiary/aromatic N) is 1. The molecule has 0 aliphatic carbocycles. The molecule has 0 bridgehead atoms. The predicted octanol–water partition coefficient (Wildman–Crippen LogP) is 4.88. The summed E-state index contributed by atoms with van der Waals surface area (Å²) >= 11 is 5.82. The molecule has 0 spiro atoms. The van der Waals surface area contributed by atoms with E-state index in [9.17, 15) is 13.2 Å². The molecule has 0 saturated heterocycles. The van der Waals surface area contributed by atoms with Crippen molar-refractivity contribution in [2.24, 2.45) is 0 Å². The van der Waals surface area contributed by atoms with Gasteiger partial charge in [-0.1, -0.05) is 17.7 Å². The van der Waals surface area contributed by atoms with Crippen LogP contribution in [0.4, 0.5) is 13.2 Å². The molecule has 27 heavy (non-hydrogen) atoms. The van der Waals surface area contributed by atoms with Gasteiger partial charge in [-0.25, -0.2) is 4.98 Å². The highest BCUT2D eigenvalue weighted by Crippen LogP contribution is 2.30. The van der Waals surface area contributed by atoms with Crippen LogP contribution in [0, 0.1) is 0 Å². The minimum atomic E-state index is -4.77. The van der Waals surface area contributed by atoms with Gasteiger partial charge in [-0.2, -0.15) is 0 Å². The Hall–Kier alpha value is -2.45. The molecule has 144 valence electrons. The normalized spacial score (nSPS) is 11.7. The fourth-order valence-electron chi connectivity index (χ4n) is 2.50. The van der Waals surface area contributed by atoms with Gasteiger partial charge in [0.15, 0.2) is 0 Å². The lowest BCUT2D eigenvalue weighted by Crippen LogP contribution is -2.17. The van der Waals surface area contributed by atoms with Crippen molar-refractivity contribution in [3.8, 4) is 11.5 Å². The Balaban J connectivity index is 1.52. The second kappa shape index (κ2) is 8.06. The van der Waals surface area contributed by atoms with Gasteiger partial charge in [0.1, 0.15) is 23.9 Å². The van der Waals surface area contributed by atoms with E-state index < -0.39 is 12.1 Å². The second-order valence-electron chi connectivity index (χ2n) is 5.68. The molecule has 0 aliphatic rings. The summed E-state index contributed by atoms with van der Waals surface area (Å²) in [4.78, 5) is 7.56. The number of H-pyrrole nitrogens is 1. The topological polar surface area (TPSA) is 56.4 Å². The van der Waals surface area contributed by atoms with Crippen molar-refractivity contribution < 1.29 is 27.4 Å². The van der Waals surface area contributed by atoms with Crippen molar-refractivity contribution in [3.63, 3.8) is 0 Å². The molecule has 0 amide bonds. The predicted molar refractivity (Wildman–Crippen MR) is 94.1 cm³/mol. The van der Waals surface area contributed by atoms with Crippen molar-refractivity contribution in [2.75, 3.05) is 13.7 Å². The Bertz CT molecular complexity index is 928. The third-order valence-corrected chi connectivity index (χ3v) is 4.03. The van der Waals surface area contributed by atoms with Crippen molar-refractivity contribution >= 4 is 22.6 Å². The molecule has 0 atom stereocenters. The molecule has 0 saturated carbocycles. The molecule has 0 fully saturated rings. The van der Waals surface area contributed by atoms with Crippen LogP contribution < -0.4 is 9.47 Å². The quantitative estimate of drug-likeness (QED) is 0.574. The van der Waals surface area contributed by atoms with Crippen LogP contribution >= 0.6 is 11.6 Å². The standard InChI is InChI=1S/C18H16ClF3N2O3/c1-25-12-3-4-14-15(9-12)24-17(23-14)10-26-7-6-11-2-5-16(13(19)8-11)27-18(20,21)22/h2-5,8-9H,6-7,10H2,1H3,(H,23,24). The van der Waals surface area contributed by atoms with Gasteiger partial charge in [-0.05, 0) is 36.2 Å². The highest BCUT2D eigenvalue weighted by atomic mass is 35.5. The Morgan fingerprint density at radius 1 is 1.15 bits per heavy atom. The Kier molecular flexibility index (Phi) is 5.76. The molecular weight excluding hydrogens is 385 g/mol. The highest BCUT2D eigenvalue weighted by molar-refractivity contribution is 6.32. The Morgan fingerprint density at radius 3 is 2.67 bits per heavy atom. The van der Waals surface area contributed by atoms with Crippen molar-refractivity contribution in [3.05, 3.63) is 52.8 Å². The SMILES string of the molecule is COc1ccc2nc(COCCc3ccc(OC(F)(F)F)c(Cl)c3)[nH]c2c1. The number of aromatic nitrogens is 2. The third kappa shape index (κ3) is 5.27. The maximum absolute atomic E-state index is 12.2. The zero-order valence-electron chi connectivity index (χ0n) is 14.3. The third-order valence-electron chi connectivity index (χ3n) is 3.73. The van der Waals surface area contributed by atoms with E-state index in [2.05, 4.69) is 14.7 Å². The number of alkyl halides is 3. The van der Waals surface area contributed by atoms with E-state index >= 15 is 0 Å². The number of ether oxygens (including phenoxy) is 3. The van der Waals surface area contributed by atoms with Crippen molar-refractivity contribution in [2.45, 2.75) is 19.4 Å². The van der Waals surface area contributed by atoms with Gasteiger partial charge in [0.25, 0.3) is 0 Å². The van der Waals surface area contributed by atoms with Gasteiger partial charge in [0.05, 0.1) is 29.8 Å². The second-order valence-corrected chi connectivity index (χ2v) is 6.09. The number of fused-ring (bicyclic) bond motifs is 1. The van der Waals surface area contributed by atoms with E-state index in [1.807, 2.05) is 18.2 Å². The number of benzene rings is 2. The van der Waals surface area contributed by atoms with Crippen LogP contribution in [0.15, 0.2) is 36.4 Å². The lowest BCUT2D eigenvalue weighted by atomic mass is 10.1. The summed E-state index contributed by atoms with van der Waals surface area (Å²) in [5.74, 6) is 0.977. The van der Waals surface area contributed by atoms with Gasteiger partial charge in [0.2, 0.25) is 0 Å². The van der Waals surface area contributed by atoms with Crippen LogP contribution in [0.1, 0.15) is 11.4 Å². The van der Waals surface area contributed by atoms with Gasteiger partial charge in [-0.15, -0.1) is 13.2 Å². The van der Waals surface area contributed by atoms with E-state index in [0.29, 0.717) is 18.9 Å². The minimum Gasteiger partial charge on any atom is -0.497 e. The van der Waals surface area contributed by atoms with E-state index in [0.717, 1.165) is 22.3 Å². The molecule has 0 aliphatic heterocycles. The zero-order chi connectivity index (χ0) is 19.4. The van der Waals surface area contributed by atoms with Crippen LogP contribution in [0.3, 0.4) is 0 Å². The van der Waals surface area contributed by atoms with E-state index in [-0.39, 0.29) is 11.6 Å². The van der Waals surface area contributed by atoms with Gasteiger partial charge in [0, 0.05) is 6.07 Å². The summed E-state index contributed by atoms with van der Waals surface area (Å²) in [6.45, 7) is 0.635. The van der Waals surface area contributed by atoms with Crippen LogP contribution in [-0.2, 0) is 17.8 Å². The van der Waals surface area contributed by atoms with Crippen molar-refractivity contribution in [1.29, 1.82) is 0 Å². The van der Waals surface area contributed by atoms with E-state index in [1.165, 1.54) is 18.2 Å². The summed E-state index contributed by atoms with van der Waals surface area (Å²) in [6, 6.07) is 9.66. The van der Waals surface area contributed by atoms with Crippen LogP contribution in [0.2, 0.25) is 5.02 Å². The summed E-state index contributed by atoms with van der Waals surface area (Å²) in [5, 5.41) is -0.101. The maximum atomic E-state index is 12.2. The number of halogens is 4. The average Bonchev–Trinajstić information content (AvgIpc) is 3.01. The Morgan fingerprint density at radius 2 is 1.96 bits per heavy atom. The number of hydrogen-bond acceptors (Lipinski definition) is 4. The van der Waals surface area contributed by atoms with E-state index in [4.69, 9.17) is 21.1 Å². The first-order chi connectivity index (χ1) is 12.8. The molecule has 1 aromatic heterocycles. The molecule has 3 rings (SSSR count). The molecule has 5 nitrogen and oxygen atoms in total. The fourth-order valence-corrected chi connectivity index (χ4v) is 2.74. The van der Waals surface area contributed by atoms with Gasteiger partial charge in [-0.3, -0.25) is 0 Å². The monoisotopic (exact) mass is 400 g/mol. The number of rotatable bonds is 7. The summed E-state index contributed by atoms with van der Waals surface area (Å²) < 4.78 is 51.3. The summed E-state index contributed by atoms with van der Waals surface area (Å²) in [5.41, 5.74) is 2.39. The van der Waals surface area contributed by atoms with Crippen molar-refractivity contribution in [1.82, 2.24) is 9.97 Å². The Labute approximate surface area is 158 Å². The summed E-state index contributed by atoms with van der Waals surface area (Å²) in [6.07, 6.45) is -4.29. The van der Waals surface area contributed by atoms with Crippen LogP contribution in [0.5, 0.6) is 11.5 Å². The lowest BCUT2D eigenvalue weighted by molar-refractivity contribution is -0.274. The first-order valence-electron chi connectivity index (χ1n) is 7.98. The highest BCUT2D eigenvalue weighted by Gasteiger charge is 2.32. The molecule has 1 heterocycles. The first kappa shape index (κ1) is 19.3. The molecular formula is C18H16ClF3N2O3. The zero-order valence-corrected chi connectivity index (χ0v) is 15.0. The number of aromatic amines is 1. The molecule has 3 aromatic rings. The number of methoxy groups -OCH3 is 1. The van der Waals surface area contributed by atoms with Crippen LogP contribution in [0.25, 0.3) is 11.0 Å². The molecule has 9 heteroatoms. The number of nitrogens with one attached hydrogen (secondary N) is 1. The molecule has 2 aromatic carbocycles. The molecule has 1 N–H and O–H groups in total. The lowest BCUT2D eigenvalue weighted by Gasteiger charge is -2.11. The largest absolute Gasteiger partial charge is 0.573 e. The number of imidazole rings is 1. The maximum Gasteiger partial charge on any atom is 0.573 e. The number of hydrogen-bond donors (Lipinski definition) is 1. The summed E-state index contributed by atoms with van der Waals surface area (Å²) in [7, 11) is 1.59. The molecule has 0 unspecified atom stereocenters. The fraction of sp³-hybridized carbons (Fsp3) is 0.278. The first-order valence-corrected chi connectivity index (χ1v) is 8.36. The average molecular weight is 401 g/mol.